The molecule has 0 N–H and O–H groups in total. The summed E-state index contributed by atoms with van der Waals surface area (Å²) in [7, 11) is 3.13. The summed E-state index contributed by atoms with van der Waals surface area (Å²) in [4.78, 5) is 29.6. The maximum absolute atomic E-state index is 13.6. The summed E-state index contributed by atoms with van der Waals surface area (Å²) < 4.78 is 24.0. The van der Waals surface area contributed by atoms with E-state index in [1.165, 1.54) is 12.1 Å². The van der Waals surface area contributed by atoms with Gasteiger partial charge in [-0.3, -0.25) is 9.59 Å². The van der Waals surface area contributed by atoms with Gasteiger partial charge in [0.05, 0.1) is 29.5 Å². The van der Waals surface area contributed by atoms with Gasteiger partial charge in [-0.05, 0) is 23.8 Å². The van der Waals surface area contributed by atoms with Crippen molar-refractivity contribution < 1.29 is 23.5 Å². The quantitative estimate of drug-likeness (QED) is 0.569. The average Bonchev–Trinajstić information content (AvgIpc) is 3.01. The van der Waals surface area contributed by atoms with Gasteiger partial charge in [0, 0.05) is 27.3 Å². The normalized spacial score (nSPS) is 14.1. The van der Waals surface area contributed by atoms with E-state index in [2.05, 4.69) is 0 Å². The van der Waals surface area contributed by atoms with Crippen molar-refractivity contribution in [2.75, 3.05) is 45.4 Å². The van der Waals surface area contributed by atoms with Crippen molar-refractivity contribution in [2.24, 2.45) is 0 Å². The Labute approximate surface area is 179 Å². The number of halogens is 2. The van der Waals surface area contributed by atoms with Crippen molar-refractivity contribution in [2.45, 2.75) is 0 Å². The van der Waals surface area contributed by atoms with Crippen LogP contribution in [0.1, 0.15) is 5.56 Å². The summed E-state index contributed by atoms with van der Waals surface area (Å²) >= 11 is 5.90. The van der Waals surface area contributed by atoms with E-state index in [1.807, 2.05) is 6.07 Å². The van der Waals surface area contributed by atoms with Crippen LogP contribution in [-0.4, -0.2) is 57.2 Å². The van der Waals surface area contributed by atoms with E-state index in [0.717, 1.165) is 11.0 Å². The van der Waals surface area contributed by atoms with Crippen molar-refractivity contribution in [1.29, 1.82) is 0 Å². The minimum atomic E-state index is -0.627. The summed E-state index contributed by atoms with van der Waals surface area (Å²) in [5, 5.41) is -0.168. The van der Waals surface area contributed by atoms with Crippen molar-refractivity contribution in [3.63, 3.8) is 0 Å². The lowest BCUT2D eigenvalue weighted by molar-refractivity contribution is -0.120. The lowest BCUT2D eigenvalue weighted by atomic mass is 10.0. The fourth-order valence-corrected chi connectivity index (χ4v) is 3.45. The molecule has 1 aliphatic rings. The lowest BCUT2D eigenvalue weighted by Crippen LogP contribution is -2.37. The first-order valence-electron chi connectivity index (χ1n) is 9.36. The van der Waals surface area contributed by atoms with E-state index in [0.29, 0.717) is 31.9 Å². The highest BCUT2D eigenvalue weighted by Crippen LogP contribution is 2.35. The minimum absolute atomic E-state index is 0.168. The molecule has 2 aromatic carbocycles. The molecule has 30 heavy (non-hydrogen) atoms. The number of benzene rings is 2. The Kier molecular flexibility index (Phi) is 7.20. The zero-order valence-corrected chi connectivity index (χ0v) is 17.5. The first-order chi connectivity index (χ1) is 14.5. The fourth-order valence-electron chi connectivity index (χ4n) is 3.27. The number of anilines is 1. The molecule has 0 fully saturated rings. The first-order valence-corrected chi connectivity index (χ1v) is 9.73. The number of methoxy groups -OCH3 is 2. The fraction of sp³-hybridized carbons (Fsp3) is 0.273. The molecule has 3 rings (SSSR count). The molecular formula is C22H22ClFN2O4. The van der Waals surface area contributed by atoms with E-state index < -0.39 is 17.6 Å². The first kappa shape index (κ1) is 22.0. The second kappa shape index (κ2) is 9.84. The van der Waals surface area contributed by atoms with Crippen LogP contribution in [0.3, 0.4) is 0 Å². The van der Waals surface area contributed by atoms with E-state index >= 15 is 0 Å². The van der Waals surface area contributed by atoms with Gasteiger partial charge in [-0.1, -0.05) is 41.9 Å². The minimum Gasteiger partial charge on any atom is -0.383 e. The Morgan fingerprint density at radius 2 is 1.60 bits per heavy atom. The van der Waals surface area contributed by atoms with Gasteiger partial charge < -0.3 is 14.4 Å². The molecule has 6 nitrogen and oxygen atoms in total. The molecule has 158 valence electrons. The Morgan fingerprint density at radius 3 is 2.17 bits per heavy atom. The SMILES string of the molecule is COCCN(CCOC)C1=C(c2ccccc2)C(=O)N(c2ccc(F)c(Cl)c2)C1=O. The molecular weight excluding hydrogens is 411 g/mol. The van der Waals surface area contributed by atoms with Crippen LogP contribution >= 0.6 is 11.6 Å². The topological polar surface area (TPSA) is 59.1 Å². The van der Waals surface area contributed by atoms with Crippen LogP contribution in [0.4, 0.5) is 10.1 Å². The zero-order valence-electron chi connectivity index (χ0n) is 16.7. The Hall–Kier alpha value is -2.74. The summed E-state index contributed by atoms with van der Waals surface area (Å²) in [6, 6.07) is 12.7. The van der Waals surface area contributed by atoms with Crippen LogP contribution in [0, 0.1) is 5.82 Å². The number of hydrogen-bond donors (Lipinski definition) is 0. The third-order valence-electron chi connectivity index (χ3n) is 4.73. The highest BCUT2D eigenvalue weighted by molar-refractivity contribution is 6.45. The van der Waals surface area contributed by atoms with Crippen LogP contribution in [0.5, 0.6) is 0 Å². The number of imide groups is 1. The summed E-state index contributed by atoms with van der Waals surface area (Å²) in [6.45, 7) is 1.50. The van der Waals surface area contributed by atoms with E-state index in [-0.39, 0.29) is 22.0 Å². The largest absolute Gasteiger partial charge is 0.383 e. The maximum Gasteiger partial charge on any atom is 0.282 e. The van der Waals surface area contributed by atoms with Gasteiger partial charge in [0.2, 0.25) is 0 Å². The molecule has 1 aliphatic heterocycles. The van der Waals surface area contributed by atoms with Gasteiger partial charge >= 0.3 is 0 Å². The van der Waals surface area contributed by atoms with Gasteiger partial charge in [0.1, 0.15) is 11.5 Å². The molecule has 0 atom stereocenters. The van der Waals surface area contributed by atoms with Crippen molar-refractivity contribution in [1.82, 2.24) is 4.90 Å². The summed E-state index contributed by atoms with van der Waals surface area (Å²) in [5.74, 6) is -1.63. The van der Waals surface area contributed by atoms with Gasteiger partial charge in [-0.15, -0.1) is 0 Å². The molecule has 2 amide bonds. The van der Waals surface area contributed by atoms with Crippen LogP contribution in [0.25, 0.3) is 5.57 Å². The van der Waals surface area contributed by atoms with Gasteiger partial charge in [0.15, 0.2) is 0 Å². The number of hydrogen-bond acceptors (Lipinski definition) is 5. The summed E-state index contributed by atoms with van der Waals surface area (Å²) in [5.41, 5.74) is 1.34. The molecule has 0 saturated heterocycles. The standard InChI is InChI=1S/C22H22ClFN2O4/c1-29-12-10-25(11-13-30-2)20-19(15-6-4-3-5-7-15)21(27)26(22(20)28)16-8-9-18(24)17(23)14-16/h3-9,14H,10-13H2,1-2H3. The van der Waals surface area contributed by atoms with Crippen molar-refractivity contribution in [3.8, 4) is 0 Å². The Bertz CT molecular complexity index is 957. The third kappa shape index (κ3) is 4.38. The number of ether oxygens (including phenoxy) is 2. The second-order valence-corrected chi connectivity index (χ2v) is 7.01. The average molecular weight is 433 g/mol. The molecule has 0 spiro atoms. The Balaban J connectivity index is 2.11. The van der Waals surface area contributed by atoms with Crippen LogP contribution in [-0.2, 0) is 19.1 Å². The molecule has 8 heteroatoms. The molecule has 0 aliphatic carbocycles. The molecule has 0 unspecified atom stereocenters. The molecule has 0 aromatic heterocycles. The van der Waals surface area contributed by atoms with Gasteiger partial charge in [-0.25, -0.2) is 9.29 Å². The zero-order chi connectivity index (χ0) is 21.7. The molecule has 1 heterocycles. The van der Waals surface area contributed by atoms with Crippen molar-refractivity contribution >= 4 is 34.7 Å². The molecule has 0 bridgehead atoms. The predicted octanol–water partition coefficient (Wildman–Crippen LogP) is 3.36. The molecule has 0 radical (unpaired) electrons. The van der Waals surface area contributed by atoms with Crippen LogP contribution in [0.2, 0.25) is 5.02 Å². The van der Waals surface area contributed by atoms with E-state index in [9.17, 15) is 14.0 Å². The van der Waals surface area contributed by atoms with E-state index in [1.54, 1.807) is 43.4 Å². The Morgan fingerprint density at radius 1 is 0.967 bits per heavy atom. The summed E-state index contributed by atoms with van der Waals surface area (Å²) in [6.07, 6.45) is 0. The number of rotatable bonds is 9. The van der Waals surface area contributed by atoms with E-state index in [4.69, 9.17) is 21.1 Å². The lowest BCUT2D eigenvalue weighted by Gasteiger charge is -2.25. The van der Waals surface area contributed by atoms with Crippen LogP contribution < -0.4 is 4.90 Å². The van der Waals surface area contributed by atoms with Gasteiger partial charge in [-0.2, -0.15) is 0 Å². The highest BCUT2D eigenvalue weighted by atomic mass is 35.5. The number of nitrogens with zero attached hydrogens (tertiary/aromatic N) is 2. The second-order valence-electron chi connectivity index (χ2n) is 6.61. The van der Waals surface area contributed by atoms with Crippen LogP contribution in [0.15, 0.2) is 54.2 Å². The predicted molar refractivity (Wildman–Crippen MR) is 113 cm³/mol. The molecule has 0 saturated carbocycles. The number of amides is 2. The number of carbonyl (C=O) groups excluding carboxylic acids is 2. The maximum atomic E-state index is 13.6. The molecule has 2 aromatic rings. The van der Waals surface area contributed by atoms with Crippen molar-refractivity contribution in [3.05, 3.63) is 70.6 Å². The third-order valence-corrected chi connectivity index (χ3v) is 5.02. The smallest absolute Gasteiger partial charge is 0.282 e. The number of carbonyl (C=O) groups is 2. The highest BCUT2D eigenvalue weighted by Gasteiger charge is 2.42. The monoisotopic (exact) mass is 432 g/mol. The van der Waals surface area contributed by atoms with Gasteiger partial charge in [0.25, 0.3) is 11.8 Å².